The van der Waals surface area contributed by atoms with Gasteiger partial charge in [0.05, 0.1) is 25.4 Å². The Morgan fingerprint density at radius 1 is 1.15 bits per heavy atom. The van der Waals surface area contributed by atoms with Crippen LogP contribution in [0.3, 0.4) is 0 Å². The molecule has 0 fully saturated rings. The van der Waals surface area contributed by atoms with Gasteiger partial charge in [0, 0.05) is 9.90 Å². The maximum Gasteiger partial charge on any atom is 0.238 e. The highest BCUT2D eigenvalue weighted by atomic mass is 35.5. The minimum atomic E-state index is -0.164. The topological polar surface area (TPSA) is 50.4 Å². The van der Waals surface area contributed by atoms with Crippen LogP contribution in [0.4, 0.5) is 5.69 Å². The molecule has 6 heteroatoms. The number of carbonyl (C=O) groups is 1. The highest BCUT2D eigenvalue weighted by Crippen LogP contribution is 2.28. The van der Waals surface area contributed by atoms with Crippen LogP contribution in [0.2, 0.25) is 5.02 Å². The van der Waals surface area contributed by atoms with E-state index in [1.165, 1.54) is 0 Å². The van der Waals surface area contributed by atoms with Gasteiger partial charge in [-0.1, -0.05) is 48.0 Å². The third-order valence-electron chi connectivity index (χ3n) is 3.86. The minimum Gasteiger partial charge on any atom is -0.495 e. The lowest BCUT2D eigenvalue weighted by Gasteiger charge is -2.18. The van der Waals surface area contributed by atoms with E-state index < -0.39 is 0 Å². The molecule has 26 heavy (non-hydrogen) atoms. The number of methoxy groups -OCH3 is 1. The van der Waals surface area contributed by atoms with Gasteiger partial charge in [-0.2, -0.15) is 0 Å². The van der Waals surface area contributed by atoms with E-state index in [-0.39, 0.29) is 18.5 Å². The Balaban J connectivity index is 1.70. The molecule has 4 nitrogen and oxygen atoms in total. The highest BCUT2D eigenvalue weighted by Gasteiger charge is 2.16. The van der Waals surface area contributed by atoms with Crippen molar-refractivity contribution in [2.45, 2.75) is 6.04 Å². The molecule has 1 heterocycles. The number of hydrogen-bond donors (Lipinski definition) is 2. The molecule has 1 amide bonds. The van der Waals surface area contributed by atoms with Crippen LogP contribution in [0.15, 0.2) is 66.0 Å². The molecule has 0 spiro atoms. The summed E-state index contributed by atoms with van der Waals surface area (Å²) < 4.78 is 5.26. The molecule has 0 aliphatic rings. The molecular formula is C20H19ClN2O2S. The van der Waals surface area contributed by atoms with Crippen LogP contribution < -0.4 is 15.4 Å². The van der Waals surface area contributed by atoms with Gasteiger partial charge >= 0.3 is 0 Å². The summed E-state index contributed by atoms with van der Waals surface area (Å²) in [5.41, 5.74) is 1.67. The fraction of sp³-hybridized carbons (Fsp3) is 0.150. The van der Waals surface area contributed by atoms with E-state index in [0.717, 1.165) is 10.4 Å². The van der Waals surface area contributed by atoms with Crippen LogP contribution in [0.1, 0.15) is 16.5 Å². The standard InChI is InChI=1S/C20H19ClN2O2S/c1-25-17-10-9-15(21)12-16(17)23-19(24)13-22-20(18-8-5-11-26-18)14-6-3-2-4-7-14/h2-12,20,22H,13H2,1H3,(H,23,24)/t20-/m1/s1. The first-order valence-corrected chi connectivity index (χ1v) is 9.38. The van der Waals surface area contributed by atoms with Crippen molar-refractivity contribution in [2.24, 2.45) is 0 Å². The van der Waals surface area contributed by atoms with Gasteiger partial charge in [0.25, 0.3) is 0 Å². The predicted octanol–water partition coefficient (Wildman–Crippen LogP) is 4.73. The maximum absolute atomic E-state index is 12.4. The number of ether oxygens (including phenoxy) is 1. The molecule has 0 radical (unpaired) electrons. The second-order valence-electron chi connectivity index (χ2n) is 5.63. The van der Waals surface area contributed by atoms with Crippen LogP contribution in [-0.2, 0) is 4.79 Å². The van der Waals surface area contributed by atoms with E-state index in [1.807, 2.05) is 29.6 Å². The first-order chi connectivity index (χ1) is 12.7. The summed E-state index contributed by atoms with van der Waals surface area (Å²) in [6, 6.07) is 19.2. The van der Waals surface area contributed by atoms with Crippen molar-refractivity contribution < 1.29 is 9.53 Å². The Morgan fingerprint density at radius 2 is 1.96 bits per heavy atom. The SMILES string of the molecule is COc1ccc(Cl)cc1NC(=O)CN[C@H](c1ccccc1)c1cccs1. The Kier molecular flexibility index (Phi) is 6.28. The van der Waals surface area contributed by atoms with Crippen molar-refractivity contribution in [1.82, 2.24) is 5.32 Å². The average molecular weight is 387 g/mol. The number of halogens is 1. The maximum atomic E-state index is 12.4. The normalized spacial score (nSPS) is 11.8. The van der Waals surface area contributed by atoms with Crippen molar-refractivity contribution in [3.05, 3.63) is 81.5 Å². The van der Waals surface area contributed by atoms with Crippen LogP contribution in [0.5, 0.6) is 5.75 Å². The zero-order chi connectivity index (χ0) is 18.4. The first-order valence-electron chi connectivity index (χ1n) is 8.12. The Labute approximate surface area is 161 Å². The van der Waals surface area contributed by atoms with Crippen LogP contribution >= 0.6 is 22.9 Å². The lowest BCUT2D eigenvalue weighted by atomic mass is 10.1. The molecular weight excluding hydrogens is 368 g/mol. The molecule has 1 aromatic heterocycles. The van der Waals surface area contributed by atoms with E-state index >= 15 is 0 Å². The summed E-state index contributed by atoms with van der Waals surface area (Å²) in [6.45, 7) is 0.160. The molecule has 0 aliphatic carbocycles. The summed E-state index contributed by atoms with van der Waals surface area (Å²) in [5, 5.41) is 8.75. The van der Waals surface area contributed by atoms with E-state index in [9.17, 15) is 4.79 Å². The van der Waals surface area contributed by atoms with Gasteiger partial charge in [-0.25, -0.2) is 0 Å². The molecule has 2 N–H and O–H groups in total. The van der Waals surface area contributed by atoms with Gasteiger partial charge in [-0.3, -0.25) is 10.1 Å². The summed E-state index contributed by atoms with van der Waals surface area (Å²) in [4.78, 5) is 13.6. The zero-order valence-corrected chi connectivity index (χ0v) is 15.8. The van der Waals surface area contributed by atoms with Crippen molar-refractivity contribution in [3.63, 3.8) is 0 Å². The quantitative estimate of drug-likeness (QED) is 0.617. The number of rotatable bonds is 7. The van der Waals surface area contributed by atoms with Crippen molar-refractivity contribution in [3.8, 4) is 5.75 Å². The van der Waals surface area contributed by atoms with Crippen LogP contribution in [0.25, 0.3) is 0 Å². The predicted molar refractivity (Wildman–Crippen MR) is 107 cm³/mol. The fourth-order valence-electron chi connectivity index (χ4n) is 2.65. The van der Waals surface area contributed by atoms with E-state index in [2.05, 4.69) is 28.8 Å². The van der Waals surface area contributed by atoms with Gasteiger partial charge in [0.2, 0.25) is 5.91 Å². The van der Waals surface area contributed by atoms with Gasteiger partial charge in [-0.15, -0.1) is 11.3 Å². The van der Waals surface area contributed by atoms with Crippen molar-refractivity contribution >= 4 is 34.5 Å². The summed E-state index contributed by atoms with van der Waals surface area (Å²) in [6.07, 6.45) is 0. The molecule has 0 saturated heterocycles. The number of carbonyl (C=O) groups excluding carboxylic acids is 1. The van der Waals surface area contributed by atoms with E-state index in [0.29, 0.717) is 16.5 Å². The third kappa shape index (κ3) is 4.64. The van der Waals surface area contributed by atoms with Gasteiger partial charge < -0.3 is 10.1 Å². The second kappa shape index (κ2) is 8.85. The minimum absolute atomic E-state index is 0.0387. The largest absolute Gasteiger partial charge is 0.495 e. The summed E-state index contributed by atoms with van der Waals surface area (Å²) >= 11 is 7.67. The Bertz CT molecular complexity index is 854. The van der Waals surface area contributed by atoms with Crippen molar-refractivity contribution in [1.29, 1.82) is 0 Å². The van der Waals surface area contributed by atoms with Gasteiger partial charge in [-0.05, 0) is 35.2 Å². The lowest BCUT2D eigenvalue weighted by molar-refractivity contribution is -0.115. The molecule has 0 bridgehead atoms. The van der Waals surface area contributed by atoms with E-state index in [1.54, 1.807) is 36.6 Å². The fourth-order valence-corrected chi connectivity index (χ4v) is 3.65. The van der Waals surface area contributed by atoms with Crippen LogP contribution in [0, 0.1) is 0 Å². The van der Waals surface area contributed by atoms with Crippen LogP contribution in [-0.4, -0.2) is 19.6 Å². The second-order valence-corrected chi connectivity index (χ2v) is 7.05. The molecule has 1 atom stereocenters. The first kappa shape index (κ1) is 18.5. The number of nitrogens with one attached hydrogen (secondary N) is 2. The molecule has 3 rings (SSSR count). The average Bonchev–Trinajstić information content (AvgIpc) is 3.17. The monoisotopic (exact) mass is 386 g/mol. The number of thiophene rings is 1. The number of anilines is 1. The van der Waals surface area contributed by atoms with E-state index in [4.69, 9.17) is 16.3 Å². The zero-order valence-electron chi connectivity index (χ0n) is 14.2. The highest BCUT2D eigenvalue weighted by molar-refractivity contribution is 7.10. The van der Waals surface area contributed by atoms with Gasteiger partial charge in [0.1, 0.15) is 5.75 Å². The number of benzene rings is 2. The number of hydrogen-bond acceptors (Lipinski definition) is 4. The molecule has 2 aromatic carbocycles. The summed E-state index contributed by atoms with van der Waals surface area (Å²) in [5.74, 6) is 0.406. The molecule has 0 saturated carbocycles. The number of amides is 1. The Morgan fingerprint density at radius 3 is 2.65 bits per heavy atom. The molecule has 134 valence electrons. The van der Waals surface area contributed by atoms with Gasteiger partial charge in [0.15, 0.2) is 0 Å². The summed E-state index contributed by atoms with van der Waals surface area (Å²) in [7, 11) is 1.55. The third-order valence-corrected chi connectivity index (χ3v) is 5.04. The molecule has 3 aromatic rings. The molecule has 0 aliphatic heterocycles. The smallest absolute Gasteiger partial charge is 0.238 e. The molecule has 0 unspecified atom stereocenters. The lowest BCUT2D eigenvalue weighted by Crippen LogP contribution is -2.31. The Hall–Kier alpha value is -2.34. The van der Waals surface area contributed by atoms with Crippen molar-refractivity contribution in [2.75, 3.05) is 19.0 Å².